The molecule has 2 aromatic rings. The zero-order chi connectivity index (χ0) is 16.7. The van der Waals surface area contributed by atoms with E-state index in [4.69, 9.17) is 0 Å². The molecule has 124 valence electrons. The molecule has 4 rings (SSSR count). The topological polar surface area (TPSA) is 59.1 Å². The van der Waals surface area contributed by atoms with E-state index in [1.807, 2.05) is 37.3 Å². The standard InChI is InChI=1S/C19H20N2O2S/c1-12-15(20-18(24-12)13-8-4-2-5-9-13)14-16(22)19(21-17(14)23)10-6-3-7-11-19/h2,4-5,8-9,14H,3,6-7,10-11H2,1H3,(H,21,23). The summed E-state index contributed by atoms with van der Waals surface area (Å²) in [4.78, 5) is 31.3. The first-order valence-electron chi connectivity index (χ1n) is 8.50. The highest BCUT2D eigenvalue weighted by atomic mass is 32.1. The van der Waals surface area contributed by atoms with Crippen LogP contribution in [-0.2, 0) is 9.59 Å². The van der Waals surface area contributed by atoms with Crippen LogP contribution in [0.15, 0.2) is 30.3 Å². The summed E-state index contributed by atoms with van der Waals surface area (Å²) in [6, 6.07) is 9.90. The van der Waals surface area contributed by atoms with Crippen molar-refractivity contribution in [2.45, 2.75) is 50.5 Å². The Labute approximate surface area is 145 Å². The summed E-state index contributed by atoms with van der Waals surface area (Å²) in [5, 5.41) is 3.89. The van der Waals surface area contributed by atoms with Crippen LogP contribution >= 0.6 is 11.3 Å². The van der Waals surface area contributed by atoms with Crippen molar-refractivity contribution in [2.75, 3.05) is 0 Å². The molecule has 0 radical (unpaired) electrons. The molecule has 1 saturated carbocycles. The number of rotatable bonds is 2. The second-order valence-corrected chi connectivity index (χ2v) is 7.96. The van der Waals surface area contributed by atoms with E-state index in [-0.39, 0.29) is 11.7 Å². The Balaban J connectivity index is 1.70. The van der Waals surface area contributed by atoms with Crippen LogP contribution in [0.5, 0.6) is 0 Å². The van der Waals surface area contributed by atoms with E-state index >= 15 is 0 Å². The van der Waals surface area contributed by atoms with E-state index in [1.165, 1.54) is 0 Å². The Morgan fingerprint density at radius 2 is 1.83 bits per heavy atom. The predicted molar refractivity (Wildman–Crippen MR) is 94.0 cm³/mol. The molecular weight excluding hydrogens is 320 g/mol. The zero-order valence-corrected chi connectivity index (χ0v) is 14.5. The molecule has 2 aliphatic rings. The van der Waals surface area contributed by atoms with Crippen LogP contribution in [0.2, 0.25) is 0 Å². The maximum absolute atomic E-state index is 13.1. The van der Waals surface area contributed by atoms with Crippen LogP contribution in [-0.4, -0.2) is 22.2 Å². The van der Waals surface area contributed by atoms with Crippen molar-refractivity contribution in [1.29, 1.82) is 0 Å². The van der Waals surface area contributed by atoms with Crippen molar-refractivity contribution in [3.8, 4) is 10.6 Å². The Morgan fingerprint density at radius 1 is 1.12 bits per heavy atom. The second-order valence-electron chi connectivity index (χ2n) is 6.76. The number of hydrogen-bond acceptors (Lipinski definition) is 4. The van der Waals surface area contributed by atoms with Gasteiger partial charge in [0.05, 0.1) is 11.2 Å². The molecule has 24 heavy (non-hydrogen) atoms. The van der Waals surface area contributed by atoms with Gasteiger partial charge in [-0.3, -0.25) is 9.59 Å². The van der Waals surface area contributed by atoms with Crippen LogP contribution in [0.1, 0.15) is 48.6 Å². The van der Waals surface area contributed by atoms with Gasteiger partial charge in [-0.2, -0.15) is 0 Å². The van der Waals surface area contributed by atoms with Gasteiger partial charge in [0.1, 0.15) is 10.9 Å². The number of nitrogens with one attached hydrogen (secondary N) is 1. The number of aryl methyl sites for hydroxylation is 1. The lowest BCUT2D eigenvalue weighted by Crippen LogP contribution is -2.47. The van der Waals surface area contributed by atoms with Gasteiger partial charge in [-0.05, 0) is 19.8 Å². The molecule has 1 aromatic carbocycles. The molecule has 5 heteroatoms. The molecule has 1 aliphatic carbocycles. The summed E-state index contributed by atoms with van der Waals surface area (Å²) >= 11 is 1.55. The van der Waals surface area contributed by atoms with Gasteiger partial charge in [0.15, 0.2) is 5.78 Å². The maximum Gasteiger partial charge on any atom is 0.237 e. The molecular formula is C19H20N2O2S. The molecule has 2 fully saturated rings. The molecule has 1 aliphatic heterocycles. The van der Waals surface area contributed by atoms with Gasteiger partial charge >= 0.3 is 0 Å². The molecule has 1 aromatic heterocycles. The Morgan fingerprint density at radius 3 is 2.54 bits per heavy atom. The zero-order valence-electron chi connectivity index (χ0n) is 13.7. The second kappa shape index (κ2) is 5.81. The van der Waals surface area contributed by atoms with Crippen LogP contribution in [0.3, 0.4) is 0 Å². The lowest BCUT2D eigenvalue weighted by molar-refractivity contribution is -0.125. The summed E-state index contributed by atoms with van der Waals surface area (Å²) in [6.45, 7) is 1.95. The summed E-state index contributed by atoms with van der Waals surface area (Å²) in [5.74, 6) is -0.882. The van der Waals surface area contributed by atoms with Crippen LogP contribution in [0.4, 0.5) is 0 Å². The molecule has 1 atom stereocenters. The highest BCUT2D eigenvalue weighted by Gasteiger charge is 2.54. The fourth-order valence-corrected chi connectivity index (χ4v) is 4.88. The third-order valence-electron chi connectivity index (χ3n) is 5.19. The van der Waals surface area contributed by atoms with Gasteiger partial charge < -0.3 is 5.32 Å². The number of carbonyl (C=O) groups excluding carboxylic acids is 2. The molecule has 4 nitrogen and oxygen atoms in total. The van der Waals surface area contributed by atoms with Crippen molar-refractivity contribution in [1.82, 2.24) is 10.3 Å². The van der Waals surface area contributed by atoms with E-state index in [0.717, 1.165) is 47.6 Å². The van der Waals surface area contributed by atoms with Crippen LogP contribution < -0.4 is 5.32 Å². The lowest BCUT2D eigenvalue weighted by atomic mass is 9.77. The normalized spacial score (nSPS) is 22.8. The van der Waals surface area contributed by atoms with E-state index in [0.29, 0.717) is 5.69 Å². The maximum atomic E-state index is 13.1. The monoisotopic (exact) mass is 340 g/mol. The minimum absolute atomic E-state index is 0.0280. The first-order valence-corrected chi connectivity index (χ1v) is 9.31. The minimum atomic E-state index is -0.739. The largest absolute Gasteiger partial charge is 0.343 e. The number of thiazole rings is 1. The van der Waals surface area contributed by atoms with E-state index in [1.54, 1.807) is 11.3 Å². The molecule has 1 unspecified atom stereocenters. The number of aromatic nitrogens is 1. The number of Topliss-reactive ketones (excluding diaryl/α,β-unsaturated/α-hetero) is 1. The average Bonchev–Trinajstić information content (AvgIpc) is 3.08. The average molecular weight is 340 g/mol. The highest BCUT2D eigenvalue weighted by Crippen LogP contribution is 2.41. The number of nitrogens with zero attached hydrogens (tertiary/aromatic N) is 1. The Hall–Kier alpha value is -2.01. The van der Waals surface area contributed by atoms with Gasteiger partial charge in [0.2, 0.25) is 5.91 Å². The Bertz CT molecular complexity index is 791. The summed E-state index contributed by atoms with van der Waals surface area (Å²) in [6.07, 6.45) is 4.68. The first kappa shape index (κ1) is 15.5. The summed E-state index contributed by atoms with van der Waals surface area (Å²) < 4.78 is 0. The smallest absolute Gasteiger partial charge is 0.237 e. The van der Waals surface area contributed by atoms with E-state index in [2.05, 4.69) is 10.3 Å². The minimum Gasteiger partial charge on any atom is -0.343 e. The lowest BCUT2D eigenvalue weighted by Gasteiger charge is -2.31. The van der Waals surface area contributed by atoms with Gasteiger partial charge in [0, 0.05) is 10.4 Å². The SMILES string of the molecule is Cc1sc(-c2ccccc2)nc1C1C(=O)NC2(CCCCC2)C1=O. The van der Waals surface area contributed by atoms with Crippen molar-refractivity contribution in [3.63, 3.8) is 0 Å². The van der Waals surface area contributed by atoms with Crippen LogP contribution in [0, 0.1) is 6.92 Å². The molecule has 1 spiro atoms. The fraction of sp³-hybridized carbons (Fsp3) is 0.421. The fourth-order valence-electron chi connectivity index (χ4n) is 3.92. The quantitative estimate of drug-likeness (QED) is 0.850. The molecule has 1 amide bonds. The van der Waals surface area contributed by atoms with Gasteiger partial charge in [-0.15, -0.1) is 11.3 Å². The van der Waals surface area contributed by atoms with Gasteiger partial charge in [0.25, 0.3) is 0 Å². The third kappa shape index (κ3) is 2.38. The predicted octanol–water partition coefficient (Wildman–Crippen LogP) is 3.60. The molecule has 1 N–H and O–H groups in total. The van der Waals surface area contributed by atoms with Gasteiger partial charge in [-0.1, -0.05) is 49.6 Å². The summed E-state index contributed by atoms with van der Waals surface area (Å²) in [5.41, 5.74) is 1.03. The summed E-state index contributed by atoms with van der Waals surface area (Å²) in [7, 11) is 0. The van der Waals surface area contributed by atoms with Crippen molar-refractivity contribution in [3.05, 3.63) is 40.9 Å². The third-order valence-corrected chi connectivity index (χ3v) is 6.23. The van der Waals surface area contributed by atoms with Crippen molar-refractivity contribution >= 4 is 23.0 Å². The Kier molecular flexibility index (Phi) is 3.76. The highest BCUT2D eigenvalue weighted by molar-refractivity contribution is 7.15. The van der Waals surface area contributed by atoms with Gasteiger partial charge in [-0.25, -0.2) is 4.98 Å². The first-order chi connectivity index (χ1) is 11.6. The molecule has 1 saturated heterocycles. The number of amides is 1. The number of carbonyl (C=O) groups is 2. The number of ketones is 1. The van der Waals surface area contributed by atoms with Crippen molar-refractivity contribution in [2.24, 2.45) is 0 Å². The van der Waals surface area contributed by atoms with Crippen LogP contribution in [0.25, 0.3) is 10.6 Å². The number of hydrogen-bond donors (Lipinski definition) is 1. The van der Waals surface area contributed by atoms with Crippen molar-refractivity contribution < 1.29 is 9.59 Å². The number of benzene rings is 1. The van der Waals surface area contributed by atoms with E-state index in [9.17, 15) is 9.59 Å². The van der Waals surface area contributed by atoms with E-state index < -0.39 is 11.5 Å². The molecule has 2 heterocycles. The molecule has 0 bridgehead atoms.